The highest BCUT2D eigenvalue weighted by Gasteiger charge is 2.28. The van der Waals surface area contributed by atoms with E-state index in [0.717, 1.165) is 32.4 Å². The second-order valence-corrected chi connectivity index (χ2v) is 4.64. The fraction of sp³-hybridized carbons (Fsp3) is 0.909. The van der Waals surface area contributed by atoms with Gasteiger partial charge in [-0.15, -0.1) is 0 Å². The van der Waals surface area contributed by atoms with Gasteiger partial charge in [-0.3, -0.25) is 9.69 Å². The Morgan fingerprint density at radius 1 is 1.39 bits per heavy atom. The van der Waals surface area contributed by atoms with Crippen molar-refractivity contribution in [3.8, 4) is 0 Å². The lowest BCUT2D eigenvalue weighted by Gasteiger charge is -2.26. The second-order valence-electron chi connectivity index (χ2n) is 4.64. The van der Waals surface area contributed by atoms with Crippen LogP contribution in [0.5, 0.6) is 0 Å². The summed E-state index contributed by atoms with van der Waals surface area (Å²) in [6.07, 6.45) is -1.43. The minimum atomic E-state index is -4.35. The first kappa shape index (κ1) is 15.2. The maximum Gasteiger partial charge on any atom is 0.405 e. The highest BCUT2D eigenvalue weighted by molar-refractivity contribution is 5.78. The first-order valence-electron chi connectivity index (χ1n) is 6.13. The molecule has 0 radical (unpaired) electrons. The number of nitrogens with zero attached hydrogens (tertiary/aromatic N) is 1. The molecule has 2 N–H and O–H groups in total. The zero-order valence-electron chi connectivity index (χ0n) is 10.5. The van der Waals surface area contributed by atoms with Gasteiger partial charge >= 0.3 is 6.18 Å². The van der Waals surface area contributed by atoms with E-state index in [9.17, 15) is 18.0 Å². The first-order chi connectivity index (χ1) is 8.38. The molecule has 1 aliphatic heterocycles. The Kier molecular flexibility index (Phi) is 5.87. The fourth-order valence-electron chi connectivity index (χ4n) is 2.05. The molecule has 7 heteroatoms. The quantitative estimate of drug-likeness (QED) is 0.789. The molecule has 18 heavy (non-hydrogen) atoms. The predicted molar refractivity (Wildman–Crippen MR) is 62.2 cm³/mol. The van der Waals surface area contributed by atoms with Crippen LogP contribution in [0.3, 0.4) is 0 Å². The van der Waals surface area contributed by atoms with Crippen LogP contribution in [0.1, 0.15) is 19.3 Å². The Morgan fingerprint density at radius 3 is 2.78 bits per heavy atom. The summed E-state index contributed by atoms with van der Waals surface area (Å²) in [4.78, 5) is 13.2. The lowest BCUT2D eigenvalue weighted by molar-refractivity contribution is -0.139. The molecule has 0 aromatic rings. The molecule has 4 nitrogen and oxygen atoms in total. The van der Waals surface area contributed by atoms with Crippen molar-refractivity contribution >= 4 is 5.91 Å². The van der Waals surface area contributed by atoms with Crippen molar-refractivity contribution in [1.82, 2.24) is 15.5 Å². The average molecular weight is 267 g/mol. The largest absolute Gasteiger partial charge is 0.405 e. The maximum atomic E-state index is 11.9. The fourth-order valence-corrected chi connectivity index (χ4v) is 2.05. The van der Waals surface area contributed by atoms with E-state index in [4.69, 9.17) is 0 Å². The van der Waals surface area contributed by atoms with E-state index >= 15 is 0 Å². The van der Waals surface area contributed by atoms with Crippen LogP contribution >= 0.6 is 0 Å². The summed E-state index contributed by atoms with van der Waals surface area (Å²) in [5, 5.41) is 5.14. The van der Waals surface area contributed by atoms with Crippen molar-refractivity contribution in [2.75, 3.05) is 33.2 Å². The third-order valence-electron chi connectivity index (χ3n) is 3.05. The summed E-state index contributed by atoms with van der Waals surface area (Å²) in [7, 11) is 1.78. The van der Waals surface area contributed by atoms with E-state index in [2.05, 4.69) is 5.32 Å². The van der Waals surface area contributed by atoms with Crippen LogP contribution in [0, 0.1) is 0 Å². The summed E-state index contributed by atoms with van der Waals surface area (Å²) in [6, 6.07) is 0.261. The third kappa shape index (κ3) is 6.20. The SMILES string of the molecule is CN(CC(=O)NCC(F)(F)F)C1CCCNCC1. The molecule has 0 bridgehead atoms. The summed E-state index contributed by atoms with van der Waals surface area (Å²) in [5.41, 5.74) is 0. The summed E-state index contributed by atoms with van der Waals surface area (Å²) >= 11 is 0. The van der Waals surface area contributed by atoms with Gasteiger partial charge in [0.25, 0.3) is 0 Å². The van der Waals surface area contributed by atoms with Crippen molar-refractivity contribution in [3.05, 3.63) is 0 Å². The standard InChI is InChI=1S/C11H20F3N3O/c1-17(9-3-2-5-15-6-4-9)7-10(18)16-8-11(12,13)14/h9,15H,2-8H2,1H3,(H,16,18). The van der Waals surface area contributed by atoms with Gasteiger partial charge in [-0.25, -0.2) is 0 Å². The molecular weight excluding hydrogens is 247 g/mol. The normalized spacial score (nSPS) is 21.7. The van der Waals surface area contributed by atoms with Gasteiger partial charge in [0.15, 0.2) is 0 Å². The van der Waals surface area contributed by atoms with E-state index in [1.807, 2.05) is 10.2 Å². The van der Waals surface area contributed by atoms with Crippen molar-refractivity contribution in [2.45, 2.75) is 31.5 Å². The van der Waals surface area contributed by atoms with E-state index in [-0.39, 0.29) is 12.6 Å². The van der Waals surface area contributed by atoms with Gasteiger partial charge in [-0.1, -0.05) is 0 Å². The summed E-state index contributed by atoms with van der Waals surface area (Å²) < 4.78 is 35.8. The molecule has 0 aliphatic carbocycles. The molecule has 1 fully saturated rings. The number of rotatable bonds is 4. The van der Waals surface area contributed by atoms with Crippen LogP contribution in [0.2, 0.25) is 0 Å². The van der Waals surface area contributed by atoms with Crippen molar-refractivity contribution in [2.24, 2.45) is 0 Å². The molecular formula is C11H20F3N3O. The Bertz CT molecular complexity index is 263. The zero-order chi connectivity index (χ0) is 13.6. The monoisotopic (exact) mass is 267 g/mol. The smallest absolute Gasteiger partial charge is 0.346 e. The number of likely N-dealkylation sites (N-methyl/N-ethyl adjacent to an activating group) is 1. The van der Waals surface area contributed by atoms with Crippen LogP contribution in [0.4, 0.5) is 13.2 Å². The van der Waals surface area contributed by atoms with Gasteiger partial charge in [0.2, 0.25) is 5.91 Å². The molecule has 0 spiro atoms. The van der Waals surface area contributed by atoms with Crippen LogP contribution < -0.4 is 10.6 Å². The molecule has 1 rings (SSSR count). The number of nitrogens with one attached hydrogen (secondary N) is 2. The van der Waals surface area contributed by atoms with Crippen LogP contribution in [0.25, 0.3) is 0 Å². The van der Waals surface area contributed by atoms with Crippen molar-refractivity contribution in [1.29, 1.82) is 0 Å². The van der Waals surface area contributed by atoms with Gasteiger partial charge < -0.3 is 10.6 Å². The van der Waals surface area contributed by atoms with Crippen LogP contribution in [-0.2, 0) is 4.79 Å². The van der Waals surface area contributed by atoms with Crippen LogP contribution in [-0.4, -0.2) is 56.3 Å². The zero-order valence-corrected chi connectivity index (χ0v) is 10.5. The molecule has 1 saturated heterocycles. The lowest BCUT2D eigenvalue weighted by Crippen LogP contribution is -2.43. The summed E-state index contributed by atoms with van der Waals surface area (Å²) in [6.45, 7) is 0.608. The predicted octanol–water partition coefficient (Wildman–Crippen LogP) is 0.739. The molecule has 0 saturated carbocycles. The molecule has 0 aromatic carbocycles. The first-order valence-corrected chi connectivity index (χ1v) is 6.13. The minimum absolute atomic E-state index is 0.0146. The highest BCUT2D eigenvalue weighted by atomic mass is 19.4. The minimum Gasteiger partial charge on any atom is -0.346 e. The Morgan fingerprint density at radius 2 is 2.11 bits per heavy atom. The van der Waals surface area contributed by atoms with Gasteiger partial charge in [0, 0.05) is 6.04 Å². The maximum absolute atomic E-state index is 11.9. The number of halogens is 3. The second kappa shape index (κ2) is 6.94. The topological polar surface area (TPSA) is 44.4 Å². The molecule has 1 amide bonds. The van der Waals surface area contributed by atoms with E-state index in [0.29, 0.717) is 0 Å². The Labute approximate surface area is 105 Å². The number of amides is 1. The highest BCUT2D eigenvalue weighted by Crippen LogP contribution is 2.13. The van der Waals surface area contributed by atoms with Crippen molar-refractivity contribution < 1.29 is 18.0 Å². The average Bonchev–Trinajstić information content (AvgIpc) is 2.54. The molecule has 1 atom stereocenters. The number of carbonyl (C=O) groups is 1. The lowest BCUT2D eigenvalue weighted by atomic mass is 10.1. The van der Waals surface area contributed by atoms with E-state index in [1.54, 1.807) is 7.05 Å². The number of hydrogen-bond acceptors (Lipinski definition) is 3. The van der Waals surface area contributed by atoms with Crippen LogP contribution in [0.15, 0.2) is 0 Å². The number of hydrogen-bond donors (Lipinski definition) is 2. The van der Waals surface area contributed by atoms with Crippen molar-refractivity contribution in [3.63, 3.8) is 0 Å². The Balaban J connectivity index is 2.29. The van der Waals surface area contributed by atoms with Gasteiger partial charge in [-0.2, -0.15) is 13.2 Å². The van der Waals surface area contributed by atoms with Gasteiger partial charge in [0.05, 0.1) is 6.54 Å². The molecule has 0 aromatic heterocycles. The number of alkyl halides is 3. The number of carbonyl (C=O) groups excluding carboxylic acids is 1. The van der Waals surface area contributed by atoms with E-state index < -0.39 is 18.6 Å². The van der Waals surface area contributed by atoms with Gasteiger partial charge in [0.1, 0.15) is 6.54 Å². The van der Waals surface area contributed by atoms with E-state index in [1.165, 1.54) is 0 Å². The molecule has 1 aliphatic rings. The molecule has 1 heterocycles. The summed E-state index contributed by atoms with van der Waals surface area (Å²) in [5.74, 6) is -0.577. The molecule has 106 valence electrons. The van der Waals surface area contributed by atoms with Gasteiger partial charge in [-0.05, 0) is 39.4 Å². The Hall–Kier alpha value is -0.820. The third-order valence-corrected chi connectivity index (χ3v) is 3.05. The molecule has 1 unspecified atom stereocenters.